The molecule has 0 bridgehead atoms. The second kappa shape index (κ2) is 6.10. The highest BCUT2D eigenvalue weighted by atomic mass is 16.5. The van der Waals surface area contributed by atoms with Crippen molar-refractivity contribution in [1.82, 2.24) is 5.01 Å². The first-order valence-electron chi connectivity index (χ1n) is 10.1. The van der Waals surface area contributed by atoms with E-state index in [9.17, 15) is 0 Å². The summed E-state index contributed by atoms with van der Waals surface area (Å²) >= 11 is 0. The molecule has 5 rings (SSSR count). The number of ether oxygens (including phenoxy) is 1. The number of hydrogen-bond donors (Lipinski definition) is 1. The lowest BCUT2D eigenvalue weighted by Gasteiger charge is -2.49. The lowest BCUT2D eigenvalue weighted by molar-refractivity contribution is -0.888. The number of likely N-dealkylation sites (tertiary alicyclic amines) is 1. The molecule has 1 spiro atoms. The Bertz CT molecular complexity index is 912. The Morgan fingerprint density at radius 1 is 1.11 bits per heavy atom. The maximum absolute atomic E-state index is 6.67. The van der Waals surface area contributed by atoms with Gasteiger partial charge in [-0.15, -0.1) is 0 Å². The smallest absolute Gasteiger partial charge is 0.208 e. The number of nitrogens with one attached hydrogen (secondary N) is 1. The minimum absolute atomic E-state index is 0.281. The third-order valence-corrected chi connectivity index (χ3v) is 6.49. The standard InChI is InChI=1S/C23H27N3O/c1-16-8-9-17(2)19(14-16)20-15-21-18-6-4-5-7-22(18)27-23(26(21)24-20)10-12-25(3)13-11-23/h4-9,14,21H,10-13,15H2,1-3H3/p+1/t21-/m1/s1. The monoisotopic (exact) mass is 362 g/mol. The molecule has 0 radical (unpaired) electrons. The van der Waals surface area contributed by atoms with Crippen molar-refractivity contribution < 1.29 is 9.64 Å². The van der Waals surface area contributed by atoms with Crippen molar-refractivity contribution in [2.75, 3.05) is 20.1 Å². The number of aryl methyl sites for hydroxylation is 2. The zero-order chi connectivity index (χ0) is 18.6. The van der Waals surface area contributed by atoms with Gasteiger partial charge in [-0.1, -0.05) is 35.9 Å². The summed E-state index contributed by atoms with van der Waals surface area (Å²) in [5.41, 5.74) is 6.06. The maximum Gasteiger partial charge on any atom is 0.208 e. The largest absolute Gasteiger partial charge is 0.466 e. The van der Waals surface area contributed by atoms with E-state index in [4.69, 9.17) is 9.84 Å². The number of hydrazone groups is 1. The van der Waals surface area contributed by atoms with Crippen LogP contribution in [0.1, 0.15) is 47.6 Å². The third kappa shape index (κ3) is 2.66. The number of nitrogens with zero attached hydrogens (tertiary/aromatic N) is 2. The van der Waals surface area contributed by atoms with Gasteiger partial charge in [0.2, 0.25) is 5.72 Å². The lowest BCUT2D eigenvalue weighted by atomic mass is 9.90. The summed E-state index contributed by atoms with van der Waals surface area (Å²) in [7, 11) is 2.27. The second-order valence-electron chi connectivity index (χ2n) is 8.47. The molecule has 1 N–H and O–H groups in total. The summed E-state index contributed by atoms with van der Waals surface area (Å²) < 4.78 is 6.67. The van der Waals surface area contributed by atoms with E-state index in [0.29, 0.717) is 0 Å². The molecule has 0 saturated carbocycles. The number of quaternary nitrogens is 1. The summed E-state index contributed by atoms with van der Waals surface area (Å²) in [5.74, 6) is 1.05. The van der Waals surface area contributed by atoms with Crippen molar-refractivity contribution in [3.05, 3.63) is 64.7 Å². The van der Waals surface area contributed by atoms with E-state index in [2.05, 4.69) is 68.4 Å². The second-order valence-corrected chi connectivity index (χ2v) is 8.47. The Balaban J connectivity index is 1.60. The van der Waals surface area contributed by atoms with Crippen molar-refractivity contribution >= 4 is 5.71 Å². The van der Waals surface area contributed by atoms with Crippen LogP contribution in [-0.4, -0.2) is 36.6 Å². The number of rotatable bonds is 1. The Hall–Kier alpha value is -2.33. The topological polar surface area (TPSA) is 29.3 Å². The first-order valence-corrected chi connectivity index (χ1v) is 10.1. The van der Waals surface area contributed by atoms with Crippen molar-refractivity contribution in [1.29, 1.82) is 0 Å². The molecule has 4 heteroatoms. The molecule has 2 aromatic carbocycles. The van der Waals surface area contributed by atoms with Gasteiger partial charge in [-0.3, -0.25) is 0 Å². The van der Waals surface area contributed by atoms with E-state index < -0.39 is 0 Å². The fourth-order valence-corrected chi connectivity index (χ4v) is 4.84. The van der Waals surface area contributed by atoms with Crippen LogP contribution in [0.3, 0.4) is 0 Å². The van der Waals surface area contributed by atoms with E-state index in [0.717, 1.165) is 38.1 Å². The van der Waals surface area contributed by atoms with Crippen LogP contribution in [0, 0.1) is 13.8 Å². The van der Waals surface area contributed by atoms with Crippen LogP contribution in [0.5, 0.6) is 5.75 Å². The van der Waals surface area contributed by atoms with Crippen molar-refractivity contribution in [2.45, 2.75) is 44.9 Å². The van der Waals surface area contributed by atoms with Crippen LogP contribution in [0.15, 0.2) is 47.6 Å². The van der Waals surface area contributed by atoms with Gasteiger partial charge in [0.25, 0.3) is 0 Å². The van der Waals surface area contributed by atoms with E-state index in [-0.39, 0.29) is 11.8 Å². The summed E-state index contributed by atoms with van der Waals surface area (Å²) in [6.07, 6.45) is 3.00. The van der Waals surface area contributed by atoms with Crippen LogP contribution >= 0.6 is 0 Å². The van der Waals surface area contributed by atoms with Gasteiger partial charge in [-0.05, 0) is 31.5 Å². The molecule has 0 unspecified atom stereocenters. The first kappa shape index (κ1) is 16.8. The average Bonchev–Trinajstić information content (AvgIpc) is 3.13. The van der Waals surface area contributed by atoms with Crippen molar-refractivity contribution in [3.8, 4) is 5.75 Å². The van der Waals surface area contributed by atoms with Gasteiger partial charge in [0.05, 0.1) is 44.7 Å². The fourth-order valence-electron chi connectivity index (χ4n) is 4.84. The molecule has 3 aliphatic rings. The van der Waals surface area contributed by atoms with E-state index in [1.54, 1.807) is 4.90 Å². The molecule has 1 fully saturated rings. The van der Waals surface area contributed by atoms with Crippen molar-refractivity contribution in [2.24, 2.45) is 5.10 Å². The number of para-hydroxylation sites is 1. The maximum atomic E-state index is 6.67. The molecule has 3 aliphatic heterocycles. The van der Waals surface area contributed by atoms with Gasteiger partial charge in [0, 0.05) is 17.5 Å². The summed E-state index contributed by atoms with van der Waals surface area (Å²) in [5, 5.41) is 7.52. The van der Waals surface area contributed by atoms with Crippen LogP contribution in [-0.2, 0) is 0 Å². The highest BCUT2D eigenvalue weighted by Gasteiger charge is 2.52. The number of hydrogen-bond acceptors (Lipinski definition) is 3. The molecule has 0 aliphatic carbocycles. The average molecular weight is 362 g/mol. The van der Waals surface area contributed by atoms with E-state index in [1.165, 1.54) is 28.0 Å². The van der Waals surface area contributed by atoms with Crippen molar-refractivity contribution in [3.63, 3.8) is 0 Å². The first-order chi connectivity index (χ1) is 13.1. The zero-order valence-corrected chi connectivity index (χ0v) is 16.5. The minimum atomic E-state index is -0.294. The van der Waals surface area contributed by atoms with Gasteiger partial charge in [0.15, 0.2) is 0 Å². The van der Waals surface area contributed by atoms with Crippen LogP contribution in [0.4, 0.5) is 0 Å². The summed E-state index contributed by atoms with van der Waals surface area (Å²) in [4.78, 5) is 1.58. The van der Waals surface area contributed by atoms with Gasteiger partial charge >= 0.3 is 0 Å². The fraction of sp³-hybridized carbons (Fsp3) is 0.435. The Labute approximate surface area is 161 Å². The Kier molecular flexibility index (Phi) is 3.80. The molecule has 2 aromatic rings. The molecule has 1 saturated heterocycles. The number of fused-ring (bicyclic) bond motifs is 4. The molecule has 0 amide bonds. The highest BCUT2D eigenvalue weighted by Crippen LogP contribution is 2.49. The quantitative estimate of drug-likeness (QED) is 0.845. The number of benzene rings is 2. The third-order valence-electron chi connectivity index (χ3n) is 6.49. The molecule has 3 heterocycles. The highest BCUT2D eigenvalue weighted by molar-refractivity contribution is 6.03. The van der Waals surface area contributed by atoms with Gasteiger partial charge in [-0.2, -0.15) is 5.10 Å². The Morgan fingerprint density at radius 3 is 2.70 bits per heavy atom. The molecular weight excluding hydrogens is 334 g/mol. The summed E-state index contributed by atoms with van der Waals surface area (Å²) in [6, 6.07) is 15.5. The number of piperidine rings is 1. The van der Waals surface area contributed by atoms with Crippen LogP contribution in [0.2, 0.25) is 0 Å². The van der Waals surface area contributed by atoms with E-state index >= 15 is 0 Å². The molecule has 1 atom stereocenters. The molecular formula is C23H28N3O+. The predicted octanol–water partition coefficient (Wildman–Crippen LogP) is 2.85. The SMILES string of the molecule is Cc1ccc(C)c(C2=NN3[C@H](C2)c2ccccc2OC32CC[NH+](C)CC2)c1. The van der Waals surface area contributed by atoms with E-state index in [1.807, 2.05) is 0 Å². The lowest BCUT2D eigenvalue weighted by Crippen LogP contribution is -3.11. The summed E-state index contributed by atoms with van der Waals surface area (Å²) in [6.45, 7) is 6.60. The molecule has 0 aromatic heterocycles. The van der Waals surface area contributed by atoms with Crippen LogP contribution < -0.4 is 9.64 Å². The van der Waals surface area contributed by atoms with Gasteiger partial charge in [-0.25, -0.2) is 5.01 Å². The van der Waals surface area contributed by atoms with Gasteiger partial charge in [0.1, 0.15) is 5.75 Å². The minimum Gasteiger partial charge on any atom is -0.466 e. The molecule has 140 valence electrons. The predicted molar refractivity (Wildman–Crippen MR) is 107 cm³/mol. The molecule has 4 nitrogen and oxygen atoms in total. The normalized spacial score (nSPS) is 29.1. The molecule has 27 heavy (non-hydrogen) atoms. The zero-order valence-electron chi connectivity index (χ0n) is 16.5. The van der Waals surface area contributed by atoms with Crippen LogP contribution in [0.25, 0.3) is 0 Å². The van der Waals surface area contributed by atoms with Gasteiger partial charge < -0.3 is 9.64 Å². The Morgan fingerprint density at radius 2 is 1.89 bits per heavy atom.